The van der Waals surface area contributed by atoms with Gasteiger partial charge in [-0.1, -0.05) is 12.1 Å². The number of carbonyl (C=O) groups is 2. The predicted molar refractivity (Wildman–Crippen MR) is 131 cm³/mol. The summed E-state index contributed by atoms with van der Waals surface area (Å²) in [6.45, 7) is 1.40. The van der Waals surface area contributed by atoms with Crippen molar-refractivity contribution < 1.29 is 23.8 Å². The van der Waals surface area contributed by atoms with Crippen molar-refractivity contribution in [1.82, 2.24) is 24.6 Å². The van der Waals surface area contributed by atoms with Crippen molar-refractivity contribution in [3.63, 3.8) is 0 Å². The molecule has 1 aliphatic heterocycles. The molecule has 2 aromatic heterocycles. The molecule has 36 heavy (non-hydrogen) atoms. The van der Waals surface area contributed by atoms with Crippen LogP contribution in [0.15, 0.2) is 55.1 Å². The minimum Gasteiger partial charge on any atom is -0.493 e. The second kappa shape index (κ2) is 11.7. The fraction of sp³-hybridized carbons (Fsp3) is 0.385. The number of pyridine rings is 1. The summed E-state index contributed by atoms with van der Waals surface area (Å²) in [5.74, 6) is 0.851. The smallest absolute Gasteiger partial charge is 0.242 e. The van der Waals surface area contributed by atoms with Gasteiger partial charge in [-0.15, -0.1) is 0 Å². The number of ether oxygens (including phenoxy) is 3. The first-order chi connectivity index (χ1) is 17.4. The third-order valence-corrected chi connectivity index (χ3v) is 6.02. The minimum atomic E-state index is -0.359. The lowest BCUT2D eigenvalue weighted by molar-refractivity contribution is -0.138. The van der Waals surface area contributed by atoms with Crippen molar-refractivity contribution in [3.8, 4) is 11.5 Å². The van der Waals surface area contributed by atoms with Gasteiger partial charge < -0.3 is 24.0 Å². The van der Waals surface area contributed by atoms with Gasteiger partial charge in [0.05, 0.1) is 46.1 Å². The van der Waals surface area contributed by atoms with Gasteiger partial charge in [0, 0.05) is 50.8 Å². The van der Waals surface area contributed by atoms with E-state index in [0.717, 1.165) is 16.7 Å². The highest BCUT2D eigenvalue weighted by atomic mass is 16.5. The average Bonchev–Trinajstić information content (AvgIpc) is 3.23. The molecule has 0 radical (unpaired) electrons. The van der Waals surface area contributed by atoms with Crippen molar-refractivity contribution in [2.75, 3.05) is 33.9 Å². The fourth-order valence-corrected chi connectivity index (χ4v) is 4.18. The summed E-state index contributed by atoms with van der Waals surface area (Å²) in [5, 5.41) is 4.20. The van der Waals surface area contributed by atoms with Crippen molar-refractivity contribution in [2.24, 2.45) is 7.05 Å². The van der Waals surface area contributed by atoms with Crippen LogP contribution in [-0.4, -0.2) is 76.3 Å². The number of aromatic nitrogens is 3. The molecule has 1 saturated heterocycles. The Morgan fingerprint density at radius 2 is 1.89 bits per heavy atom. The molecule has 3 aromatic rings. The first kappa shape index (κ1) is 25.2. The standard InChI is InChI=1S/C26H31N5O5/c1-29-13-21(12-28-29)14-30-15-22(36-18-20-5-4-8-27-11-20)16-31(17-26(30)33)25(32)10-19-6-7-23(34-2)24(9-19)35-3/h4-9,11-13,22H,10,14-18H2,1-3H3/t22-/m1/s1. The Kier molecular flexibility index (Phi) is 8.17. The first-order valence-corrected chi connectivity index (χ1v) is 11.7. The third-order valence-electron chi connectivity index (χ3n) is 6.02. The highest BCUT2D eigenvalue weighted by Gasteiger charge is 2.31. The molecule has 2 amide bonds. The Morgan fingerprint density at radius 1 is 1.06 bits per heavy atom. The van der Waals surface area contributed by atoms with Crippen LogP contribution in [0.4, 0.5) is 0 Å². The molecule has 1 atom stereocenters. The van der Waals surface area contributed by atoms with E-state index in [9.17, 15) is 9.59 Å². The van der Waals surface area contributed by atoms with E-state index in [1.54, 1.807) is 59.4 Å². The molecule has 10 nitrogen and oxygen atoms in total. The second-order valence-corrected chi connectivity index (χ2v) is 8.73. The van der Waals surface area contributed by atoms with E-state index in [1.807, 2.05) is 31.4 Å². The zero-order chi connectivity index (χ0) is 25.5. The fourth-order valence-electron chi connectivity index (χ4n) is 4.18. The first-order valence-electron chi connectivity index (χ1n) is 11.7. The van der Waals surface area contributed by atoms with Crippen LogP contribution < -0.4 is 9.47 Å². The van der Waals surface area contributed by atoms with Crippen LogP contribution in [0.5, 0.6) is 11.5 Å². The van der Waals surface area contributed by atoms with Gasteiger partial charge >= 0.3 is 0 Å². The van der Waals surface area contributed by atoms with E-state index in [1.165, 1.54) is 0 Å². The summed E-state index contributed by atoms with van der Waals surface area (Å²) in [4.78, 5) is 34.0. The van der Waals surface area contributed by atoms with E-state index >= 15 is 0 Å². The number of carbonyl (C=O) groups excluding carboxylic acids is 2. The number of benzene rings is 1. The number of nitrogens with zero attached hydrogens (tertiary/aromatic N) is 5. The van der Waals surface area contributed by atoms with Gasteiger partial charge in [0.25, 0.3) is 0 Å². The Morgan fingerprint density at radius 3 is 2.58 bits per heavy atom. The number of hydrogen-bond acceptors (Lipinski definition) is 7. The summed E-state index contributed by atoms with van der Waals surface area (Å²) in [7, 11) is 4.95. The van der Waals surface area contributed by atoms with E-state index < -0.39 is 0 Å². The molecule has 0 saturated carbocycles. The average molecular weight is 494 g/mol. The molecule has 1 aliphatic rings. The monoisotopic (exact) mass is 493 g/mol. The largest absolute Gasteiger partial charge is 0.493 e. The van der Waals surface area contributed by atoms with Gasteiger partial charge in [0.15, 0.2) is 11.5 Å². The van der Waals surface area contributed by atoms with Crippen LogP contribution in [0.25, 0.3) is 0 Å². The molecule has 0 N–H and O–H groups in total. The number of hydrogen-bond donors (Lipinski definition) is 0. The number of aryl methyl sites for hydroxylation is 1. The molecule has 0 bridgehead atoms. The van der Waals surface area contributed by atoms with E-state index in [4.69, 9.17) is 14.2 Å². The molecule has 0 spiro atoms. The molecule has 3 heterocycles. The Balaban J connectivity index is 1.50. The lowest BCUT2D eigenvalue weighted by atomic mass is 10.1. The van der Waals surface area contributed by atoms with Crippen LogP contribution in [-0.2, 0) is 40.9 Å². The lowest BCUT2D eigenvalue weighted by Crippen LogP contribution is -2.40. The van der Waals surface area contributed by atoms with Crippen LogP contribution in [0.3, 0.4) is 0 Å². The molecule has 4 rings (SSSR count). The van der Waals surface area contributed by atoms with Gasteiger partial charge in [0.1, 0.15) is 0 Å². The van der Waals surface area contributed by atoms with Crippen molar-refractivity contribution in [3.05, 3.63) is 71.8 Å². The summed E-state index contributed by atoms with van der Waals surface area (Å²) in [6, 6.07) is 9.15. The van der Waals surface area contributed by atoms with Gasteiger partial charge in [-0.2, -0.15) is 5.10 Å². The van der Waals surface area contributed by atoms with E-state index in [0.29, 0.717) is 37.7 Å². The van der Waals surface area contributed by atoms with E-state index in [2.05, 4.69) is 10.1 Å². The summed E-state index contributed by atoms with van der Waals surface area (Å²) in [5.41, 5.74) is 2.62. The normalized spacial score (nSPS) is 16.1. The lowest BCUT2D eigenvalue weighted by Gasteiger charge is -2.24. The maximum atomic E-state index is 13.3. The Hall–Kier alpha value is -3.92. The Labute approximate surface area is 210 Å². The molecular weight excluding hydrogens is 462 g/mol. The van der Waals surface area contributed by atoms with Crippen molar-refractivity contribution in [2.45, 2.75) is 25.7 Å². The number of rotatable bonds is 9. The third kappa shape index (κ3) is 6.39. The molecular formula is C26H31N5O5. The number of methoxy groups -OCH3 is 2. The predicted octanol–water partition coefficient (Wildman–Crippen LogP) is 1.83. The van der Waals surface area contributed by atoms with Crippen LogP contribution in [0, 0.1) is 0 Å². The van der Waals surface area contributed by atoms with Gasteiger partial charge in [-0.05, 0) is 29.3 Å². The zero-order valence-electron chi connectivity index (χ0n) is 20.8. The van der Waals surface area contributed by atoms with Crippen LogP contribution in [0.1, 0.15) is 16.7 Å². The SMILES string of the molecule is COc1ccc(CC(=O)N2CC(=O)N(Cc3cnn(C)c3)C[C@@H](OCc3cccnc3)C2)cc1OC. The molecule has 0 aliphatic carbocycles. The molecule has 10 heteroatoms. The van der Waals surface area contributed by atoms with E-state index in [-0.39, 0.29) is 30.9 Å². The van der Waals surface area contributed by atoms with Crippen molar-refractivity contribution >= 4 is 11.8 Å². The van der Waals surface area contributed by atoms with Gasteiger partial charge in [-0.3, -0.25) is 19.3 Å². The topological polar surface area (TPSA) is 99.0 Å². The molecule has 190 valence electrons. The van der Waals surface area contributed by atoms with Crippen LogP contribution >= 0.6 is 0 Å². The minimum absolute atomic E-state index is 0.0147. The second-order valence-electron chi connectivity index (χ2n) is 8.73. The summed E-state index contributed by atoms with van der Waals surface area (Å²) < 4.78 is 18.5. The summed E-state index contributed by atoms with van der Waals surface area (Å²) in [6.07, 6.45) is 6.84. The van der Waals surface area contributed by atoms with Gasteiger partial charge in [0.2, 0.25) is 11.8 Å². The van der Waals surface area contributed by atoms with Gasteiger partial charge in [-0.25, -0.2) is 0 Å². The highest BCUT2D eigenvalue weighted by molar-refractivity contribution is 5.86. The number of amides is 2. The van der Waals surface area contributed by atoms with Crippen molar-refractivity contribution in [1.29, 1.82) is 0 Å². The maximum Gasteiger partial charge on any atom is 0.242 e. The molecule has 0 unspecified atom stereocenters. The summed E-state index contributed by atoms with van der Waals surface area (Å²) >= 11 is 0. The zero-order valence-corrected chi connectivity index (χ0v) is 20.8. The van der Waals surface area contributed by atoms with Crippen LogP contribution in [0.2, 0.25) is 0 Å². The quantitative estimate of drug-likeness (QED) is 0.448. The molecule has 1 aromatic carbocycles. The molecule has 1 fully saturated rings. The maximum absolute atomic E-state index is 13.3. The Bertz CT molecular complexity index is 1180. The highest BCUT2D eigenvalue weighted by Crippen LogP contribution is 2.28.